The lowest BCUT2D eigenvalue weighted by molar-refractivity contribution is -0.134. The Bertz CT molecular complexity index is 1260. The molecular formula is C21H19F2N3O6S. The van der Waals surface area contributed by atoms with Gasteiger partial charge in [0.1, 0.15) is 5.82 Å². The van der Waals surface area contributed by atoms with Crippen LogP contribution in [0.3, 0.4) is 0 Å². The molecule has 0 saturated heterocycles. The summed E-state index contributed by atoms with van der Waals surface area (Å²) in [6, 6.07) is 9.04. The van der Waals surface area contributed by atoms with Gasteiger partial charge >= 0.3 is 11.9 Å². The number of carboxylic acid groups (broad SMARTS) is 2. The Labute approximate surface area is 187 Å². The topological polar surface area (TPSA) is 139 Å². The fourth-order valence-electron chi connectivity index (χ4n) is 2.63. The molecule has 33 heavy (non-hydrogen) atoms. The molecule has 9 nitrogen and oxygen atoms in total. The van der Waals surface area contributed by atoms with Crippen LogP contribution in [0.4, 0.5) is 8.78 Å². The van der Waals surface area contributed by atoms with Gasteiger partial charge in [0.05, 0.1) is 16.2 Å². The molecule has 0 aliphatic rings. The van der Waals surface area contributed by atoms with Gasteiger partial charge in [-0.2, -0.15) is 4.39 Å². The zero-order chi connectivity index (χ0) is 24.6. The first kappa shape index (κ1) is 25.4. The highest BCUT2D eigenvalue weighted by Crippen LogP contribution is 2.28. The summed E-state index contributed by atoms with van der Waals surface area (Å²) in [6.45, 7) is 0.404. The molecule has 0 saturated carbocycles. The summed E-state index contributed by atoms with van der Waals surface area (Å²) in [5, 5.41) is 18.5. The van der Waals surface area contributed by atoms with E-state index < -0.39 is 33.7 Å². The van der Waals surface area contributed by atoms with Crippen LogP contribution in [0.2, 0.25) is 0 Å². The summed E-state index contributed by atoms with van der Waals surface area (Å²) < 4.78 is 54.1. The van der Waals surface area contributed by atoms with E-state index in [1.807, 2.05) is 0 Å². The third-order valence-electron chi connectivity index (χ3n) is 4.00. The Balaban J connectivity index is 0.000000414. The van der Waals surface area contributed by atoms with Gasteiger partial charge in [0, 0.05) is 31.1 Å². The molecule has 0 spiro atoms. The van der Waals surface area contributed by atoms with Gasteiger partial charge in [0.15, 0.2) is 0 Å². The van der Waals surface area contributed by atoms with E-state index in [0.29, 0.717) is 24.3 Å². The Hall–Kier alpha value is -3.90. The van der Waals surface area contributed by atoms with E-state index in [2.05, 4.69) is 10.3 Å². The van der Waals surface area contributed by atoms with Crippen molar-refractivity contribution in [3.05, 3.63) is 84.3 Å². The van der Waals surface area contributed by atoms with Crippen LogP contribution in [-0.4, -0.2) is 46.6 Å². The number of hydrogen-bond acceptors (Lipinski definition) is 6. The average Bonchev–Trinajstić information content (AvgIpc) is 3.18. The van der Waals surface area contributed by atoms with Crippen LogP contribution >= 0.6 is 0 Å². The predicted octanol–water partition coefficient (Wildman–Crippen LogP) is 2.50. The summed E-state index contributed by atoms with van der Waals surface area (Å²) in [5.41, 5.74) is 0.877. The lowest BCUT2D eigenvalue weighted by Crippen LogP contribution is -2.14. The van der Waals surface area contributed by atoms with Gasteiger partial charge in [0.2, 0.25) is 5.95 Å². The summed E-state index contributed by atoms with van der Waals surface area (Å²) in [5.74, 6) is -3.83. The Morgan fingerprint density at radius 2 is 1.70 bits per heavy atom. The number of hydrogen-bond donors (Lipinski definition) is 3. The van der Waals surface area contributed by atoms with E-state index in [9.17, 15) is 26.8 Å². The number of carboxylic acids is 2. The van der Waals surface area contributed by atoms with Gasteiger partial charge in [-0.25, -0.2) is 31.4 Å². The highest BCUT2D eigenvalue weighted by atomic mass is 32.2. The van der Waals surface area contributed by atoms with Crippen molar-refractivity contribution in [2.24, 2.45) is 0 Å². The monoisotopic (exact) mass is 479 g/mol. The van der Waals surface area contributed by atoms with Gasteiger partial charge in [-0.15, -0.1) is 0 Å². The minimum atomic E-state index is -4.02. The number of halogens is 2. The van der Waals surface area contributed by atoms with E-state index in [4.69, 9.17) is 10.2 Å². The van der Waals surface area contributed by atoms with E-state index >= 15 is 0 Å². The number of rotatable bonds is 7. The van der Waals surface area contributed by atoms with Crippen LogP contribution in [0, 0.1) is 11.8 Å². The van der Waals surface area contributed by atoms with Crippen molar-refractivity contribution in [2.75, 3.05) is 7.05 Å². The first-order valence-corrected chi connectivity index (χ1v) is 10.6. The van der Waals surface area contributed by atoms with Crippen molar-refractivity contribution in [1.29, 1.82) is 0 Å². The van der Waals surface area contributed by atoms with E-state index in [1.165, 1.54) is 36.7 Å². The first-order valence-electron chi connectivity index (χ1n) is 9.18. The van der Waals surface area contributed by atoms with Crippen molar-refractivity contribution < 1.29 is 37.0 Å². The van der Waals surface area contributed by atoms with Crippen LogP contribution < -0.4 is 5.32 Å². The highest BCUT2D eigenvalue weighted by molar-refractivity contribution is 7.90. The number of nitrogens with zero attached hydrogens (tertiary/aromatic N) is 2. The molecule has 1 aromatic carbocycles. The summed E-state index contributed by atoms with van der Waals surface area (Å²) in [4.78, 5) is 22.6. The number of carbonyl (C=O) groups is 2. The summed E-state index contributed by atoms with van der Waals surface area (Å²) in [6.07, 6.45) is 3.82. The molecule has 2 aromatic heterocycles. The van der Waals surface area contributed by atoms with Crippen LogP contribution in [0.1, 0.15) is 5.56 Å². The SMILES string of the molecule is CNCc1cc(-c2cccnc2F)n(S(=O)(=O)c2ccc(F)cc2)c1.O=C(O)/C=C/C(=O)O. The molecule has 3 rings (SSSR count). The van der Waals surface area contributed by atoms with Gasteiger partial charge in [-0.3, -0.25) is 0 Å². The number of benzene rings is 1. The lowest BCUT2D eigenvalue weighted by Gasteiger charge is -2.11. The Morgan fingerprint density at radius 3 is 2.21 bits per heavy atom. The highest BCUT2D eigenvalue weighted by Gasteiger charge is 2.23. The van der Waals surface area contributed by atoms with Gasteiger partial charge in [-0.05, 0) is 55.1 Å². The minimum Gasteiger partial charge on any atom is -0.478 e. The van der Waals surface area contributed by atoms with Gasteiger partial charge in [0.25, 0.3) is 10.0 Å². The molecule has 0 aliphatic heterocycles. The number of pyridine rings is 1. The molecule has 3 aromatic rings. The standard InChI is InChI=1S/C17H15F2N3O2S.C4H4O4/c1-20-10-12-9-16(15-3-2-8-21-17(15)19)22(11-12)25(23,24)14-6-4-13(18)5-7-14;5-3(6)1-2-4(7)8/h2-9,11,20H,10H2,1H3;1-2H,(H,5,6)(H,7,8)/b;2-1+. The maximum absolute atomic E-state index is 14.1. The number of nitrogens with one attached hydrogen (secondary N) is 1. The Kier molecular flexibility index (Phi) is 8.54. The maximum atomic E-state index is 14.1. The molecule has 0 atom stereocenters. The molecule has 3 N–H and O–H groups in total. The quantitative estimate of drug-likeness (QED) is 0.347. The molecule has 0 radical (unpaired) electrons. The molecule has 12 heteroatoms. The average molecular weight is 479 g/mol. The minimum absolute atomic E-state index is 0.0653. The van der Waals surface area contributed by atoms with E-state index in [1.54, 1.807) is 13.1 Å². The fraction of sp³-hybridized carbons (Fsp3) is 0.0952. The molecule has 0 aliphatic carbocycles. The number of aromatic nitrogens is 2. The van der Waals surface area contributed by atoms with Crippen molar-refractivity contribution in [1.82, 2.24) is 14.3 Å². The molecule has 0 fully saturated rings. The van der Waals surface area contributed by atoms with Crippen molar-refractivity contribution in [3.63, 3.8) is 0 Å². The zero-order valence-electron chi connectivity index (χ0n) is 17.1. The van der Waals surface area contributed by atoms with Gasteiger partial charge in [-0.1, -0.05) is 0 Å². The van der Waals surface area contributed by atoms with Crippen LogP contribution in [0.25, 0.3) is 11.3 Å². The molecular weight excluding hydrogens is 460 g/mol. The van der Waals surface area contributed by atoms with Crippen molar-refractivity contribution in [2.45, 2.75) is 11.4 Å². The van der Waals surface area contributed by atoms with Crippen LogP contribution in [0.5, 0.6) is 0 Å². The molecule has 2 heterocycles. The van der Waals surface area contributed by atoms with Crippen molar-refractivity contribution >= 4 is 22.0 Å². The molecule has 0 bridgehead atoms. The smallest absolute Gasteiger partial charge is 0.328 e. The molecule has 174 valence electrons. The first-order chi connectivity index (χ1) is 15.6. The van der Waals surface area contributed by atoms with E-state index in [-0.39, 0.29) is 16.2 Å². The van der Waals surface area contributed by atoms with Crippen molar-refractivity contribution in [3.8, 4) is 11.3 Å². The summed E-state index contributed by atoms with van der Waals surface area (Å²) >= 11 is 0. The second-order valence-electron chi connectivity index (χ2n) is 6.37. The zero-order valence-corrected chi connectivity index (χ0v) is 18.0. The van der Waals surface area contributed by atoms with Gasteiger partial charge < -0.3 is 15.5 Å². The largest absolute Gasteiger partial charge is 0.478 e. The normalized spacial score (nSPS) is 11.1. The third-order valence-corrected chi connectivity index (χ3v) is 5.69. The van der Waals surface area contributed by atoms with Crippen LogP contribution in [-0.2, 0) is 26.2 Å². The second-order valence-corrected chi connectivity index (χ2v) is 8.19. The predicted molar refractivity (Wildman–Crippen MR) is 114 cm³/mol. The van der Waals surface area contributed by atoms with Crippen LogP contribution in [0.15, 0.2) is 71.9 Å². The van der Waals surface area contributed by atoms with E-state index in [0.717, 1.165) is 16.1 Å². The lowest BCUT2D eigenvalue weighted by atomic mass is 10.2. The Morgan fingerprint density at radius 1 is 1.09 bits per heavy atom. The molecule has 0 amide bonds. The molecule has 0 unspecified atom stereocenters. The maximum Gasteiger partial charge on any atom is 0.328 e. The fourth-order valence-corrected chi connectivity index (χ4v) is 4.02. The second kappa shape index (κ2) is 11.1. The number of aliphatic carboxylic acids is 2. The summed E-state index contributed by atoms with van der Waals surface area (Å²) in [7, 11) is -2.30. The third kappa shape index (κ3) is 6.79.